The first-order valence-electron chi connectivity index (χ1n) is 9.53. The molecule has 3 rings (SSSR count). The van der Waals surface area contributed by atoms with Crippen molar-refractivity contribution >= 4 is 16.8 Å². The molecule has 0 fully saturated rings. The van der Waals surface area contributed by atoms with Gasteiger partial charge in [0.25, 0.3) is 5.91 Å². The van der Waals surface area contributed by atoms with Gasteiger partial charge in [0.15, 0.2) is 0 Å². The molecule has 0 saturated carbocycles. The molecule has 27 heavy (non-hydrogen) atoms. The molecular weight excluding hydrogens is 336 g/mol. The van der Waals surface area contributed by atoms with Crippen LogP contribution in [0.25, 0.3) is 22.2 Å². The number of pyridine rings is 1. The molecule has 0 aliphatic carbocycles. The van der Waals surface area contributed by atoms with Crippen LogP contribution in [0.5, 0.6) is 0 Å². The first-order valence-corrected chi connectivity index (χ1v) is 9.53. The van der Waals surface area contributed by atoms with Crippen molar-refractivity contribution in [3.63, 3.8) is 0 Å². The summed E-state index contributed by atoms with van der Waals surface area (Å²) in [5, 5.41) is 0.891. The van der Waals surface area contributed by atoms with E-state index in [0.717, 1.165) is 40.6 Å². The molecule has 0 saturated heterocycles. The number of rotatable bonds is 6. The molecule has 0 unspecified atom stereocenters. The van der Waals surface area contributed by atoms with Crippen molar-refractivity contribution in [3.8, 4) is 11.3 Å². The first-order chi connectivity index (χ1) is 13.1. The standard InChI is InChI=1S/C22H26N4O/c1-5-8-16(4)26(6-2)22(27)19-11-20(17-12-23-14-24-13-17)25-21-15(3)9-7-10-18(19)21/h7,9-14,16H,5-6,8H2,1-4H3/t16-/m0/s1. The van der Waals surface area contributed by atoms with Crippen molar-refractivity contribution in [3.05, 3.63) is 54.1 Å². The number of carbonyl (C=O) groups is 1. The average Bonchev–Trinajstić information content (AvgIpc) is 2.69. The predicted molar refractivity (Wildman–Crippen MR) is 109 cm³/mol. The van der Waals surface area contributed by atoms with Crippen molar-refractivity contribution in [2.45, 2.75) is 46.6 Å². The van der Waals surface area contributed by atoms with Crippen LogP contribution in [0.1, 0.15) is 49.5 Å². The lowest BCUT2D eigenvalue weighted by Gasteiger charge is -2.28. The Morgan fingerprint density at radius 3 is 2.59 bits per heavy atom. The number of nitrogens with zero attached hydrogens (tertiary/aromatic N) is 4. The van der Waals surface area contributed by atoms with Gasteiger partial charge in [-0.2, -0.15) is 0 Å². The Hall–Kier alpha value is -2.82. The van der Waals surface area contributed by atoms with Gasteiger partial charge in [-0.15, -0.1) is 0 Å². The summed E-state index contributed by atoms with van der Waals surface area (Å²) in [6.45, 7) is 9.00. The Labute approximate surface area is 160 Å². The Morgan fingerprint density at radius 1 is 1.19 bits per heavy atom. The normalized spacial score (nSPS) is 12.1. The third-order valence-electron chi connectivity index (χ3n) is 4.97. The number of amides is 1. The fourth-order valence-corrected chi connectivity index (χ4v) is 3.53. The smallest absolute Gasteiger partial charge is 0.254 e. The van der Waals surface area contributed by atoms with Gasteiger partial charge in [-0.3, -0.25) is 4.79 Å². The number of aromatic nitrogens is 3. The number of carbonyl (C=O) groups excluding carboxylic acids is 1. The van der Waals surface area contributed by atoms with Gasteiger partial charge in [-0.25, -0.2) is 15.0 Å². The fourth-order valence-electron chi connectivity index (χ4n) is 3.53. The Bertz CT molecular complexity index is 940. The Balaban J connectivity index is 2.18. The summed E-state index contributed by atoms with van der Waals surface area (Å²) in [7, 11) is 0. The van der Waals surface area contributed by atoms with Crippen LogP contribution in [0, 0.1) is 6.92 Å². The van der Waals surface area contributed by atoms with Crippen molar-refractivity contribution in [2.75, 3.05) is 6.54 Å². The number of aryl methyl sites for hydroxylation is 1. The lowest BCUT2D eigenvalue weighted by molar-refractivity contribution is 0.0697. The zero-order chi connectivity index (χ0) is 19.4. The second kappa shape index (κ2) is 8.25. The lowest BCUT2D eigenvalue weighted by atomic mass is 10.0. The van der Waals surface area contributed by atoms with Gasteiger partial charge in [0, 0.05) is 35.9 Å². The second-order valence-electron chi connectivity index (χ2n) is 6.88. The highest BCUT2D eigenvalue weighted by Crippen LogP contribution is 2.27. The number of hydrogen-bond acceptors (Lipinski definition) is 4. The van der Waals surface area contributed by atoms with Crippen molar-refractivity contribution < 1.29 is 4.79 Å². The van der Waals surface area contributed by atoms with Gasteiger partial charge >= 0.3 is 0 Å². The van der Waals surface area contributed by atoms with Crippen LogP contribution in [0.3, 0.4) is 0 Å². The molecule has 3 aromatic rings. The summed E-state index contributed by atoms with van der Waals surface area (Å²) >= 11 is 0. The van der Waals surface area contributed by atoms with Gasteiger partial charge in [0.2, 0.25) is 0 Å². The van der Waals surface area contributed by atoms with Crippen molar-refractivity contribution in [1.82, 2.24) is 19.9 Å². The monoisotopic (exact) mass is 362 g/mol. The van der Waals surface area contributed by atoms with E-state index in [2.05, 4.69) is 23.8 Å². The topological polar surface area (TPSA) is 59.0 Å². The van der Waals surface area contributed by atoms with E-state index in [1.807, 2.05) is 43.0 Å². The van der Waals surface area contributed by atoms with E-state index >= 15 is 0 Å². The van der Waals surface area contributed by atoms with E-state index in [1.54, 1.807) is 12.4 Å². The zero-order valence-electron chi connectivity index (χ0n) is 16.4. The van der Waals surface area contributed by atoms with E-state index < -0.39 is 0 Å². The molecule has 1 aromatic carbocycles. The third-order valence-corrected chi connectivity index (χ3v) is 4.97. The maximum absolute atomic E-state index is 13.5. The molecule has 0 spiro atoms. The highest BCUT2D eigenvalue weighted by molar-refractivity contribution is 6.07. The summed E-state index contributed by atoms with van der Waals surface area (Å²) in [6, 6.07) is 8.05. The van der Waals surface area contributed by atoms with Crippen LogP contribution in [-0.4, -0.2) is 38.3 Å². The molecule has 140 valence electrons. The van der Waals surface area contributed by atoms with Crippen LogP contribution >= 0.6 is 0 Å². The van der Waals surface area contributed by atoms with Gasteiger partial charge in [-0.05, 0) is 38.8 Å². The minimum Gasteiger partial charge on any atom is -0.336 e. The molecule has 0 bridgehead atoms. The highest BCUT2D eigenvalue weighted by Gasteiger charge is 2.23. The van der Waals surface area contributed by atoms with E-state index in [1.165, 1.54) is 6.33 Å². The number of para-hydroxylation sites is 1. The van der Waals surface area contributed by atoms with Crippen LogP contribution in [0.4, 0.5) is 0 Å². The number of fused-ring (bicyclic) bond motifs is 1. The van der Waals surface area contributed by atoms with Crippen LogP contribution < -0.4 is 0 Å². The SMILES string of the molecule is CCC[C@H](C)N(CC)C(=O)c1cc(-c2cncnc2)nc2c(C)cccc12. The molecular formula is C22H26N4O. The number of hydrogen-bond donors (Lipinski definition) is 0. The molecule has 5 nitrogen and oxygen atoms in total. The van der Waals surface area contributed by atoms with E-state index in [-0.39, 0.29) is 11.9 Å². The van der Waals surface area contributed by atoms with Crippen LogP contribution in [-0.2, 0) is 0 Å². The average molecular weight is 362 g/mol. The molecule has 0 aliphatic heterocycles. The largest absolute Gasteiger partial charge is 0.336 e. The molecule has 5 heteroatoms. The van der Waals surface area contributed by atoms with Crippen molar-refractivity contribution in [1.29, 1.82) is 0 Å². The number of benzene rings is 1. The highest BCUT2D eigenvalue weighted by atomic mass is 16.2. The van der Waals surface area contributed by atoms with Gasteiger partial charge in [0.05, 0.1) is 16.8 Å². The quantitative estimate of drug-likeness (QED) is 0.640. The van der Waals surface area contributed by atoms with Crippen molar-refractivity contribution in [2.24, 2.45) is 0 Å². The van der Waals surface area contributed by atoms with Crippen LogP contribution in [0.2, 0.25) is 0 Å². The summed E-state index contributed by atoms with van der Waals surface area (Å²) in [4.78, 5) is 28.4. The summed E-state index contributed by atoms with van der Waals surface area (Å²) in [5.41, 5.74) is 4.11. The maximum Gasteiger partial charge on any atom is 0.254 e. The maximum atomic E-state index is 13.5. The molecule has 0 aliphatic rings. The third kappa shape index (κ3) is 3.82. The second-order valence-corrected chi connectivity index (χ2v) is 6.88. The fraction of sp³-hybridized carbons (Fsp3) is 0.364. The van der Waals surface area contributed by atoms with Gasteiger partial charge in [-0.1, -0.05) is 31.5 Å². The minimum atomic E-state index is 0.0505. The molecule has 2 heterocycles. The molecule has 0 radical (unpaired) electrons. The first kappa shape index (κ1) is 19.0. The minimum absolute atomic E-state index is 0.0505. The van der Waals surface area contributed by atoms with Gasteiger partial charge < -0.3 is 4.90 Å². The Kier molecular flexibility index (Phi) is 5.79. The summed E-state index contributed by atoms with van der Waals surface area (Å²) in [6.07, 6.45) is 6.98. The molecule has 1 amide bonds. The molecule has 2 aromatic heterocycles. The van der Waals surface area contributed by atoms with E-state index in [4.69, 9.17) is 4.98 Å². The molecule has 0 N–H and O–H groups in total. The summed E-state index contributed by atoms with van der Waals surface area (Å²) < 4.78 is 0. The molecule has 1 atom stereocenters. The van der Waals surface area contributed by atoms with E-state index in [9.17, 15) is 4.79 Å². The lowest BCUT2D eigenvalue weighted by Crippen LogP contribution is -2.38. The summed E-state index contributed by atoms with van der Waals surface area (Å²) in [5.74, 6) is 0.0505. The predicted octanol–water partition coefficient (Wildman–Crippen LogP) is 4.65. The zero-order valence-corrected chi connectivity index (χ0v) is 16.4. The van der Waals surface area contributed by atoms with Crippen LogP contribution in [0.15, 0.2) is 43.0 Å². The van der Waals surface area contributed by atoms with E-state index in [0.29, 0.717) is 12.1 Å². The van der Waals surface area contributed by atoms with Gasteiger partial charge in [0.1, 0.15) is 6.33 Å². The Morgan fingerprint density at radius 2 is 1.93 bits per heavy atom.